The number of hydrogen-bond donors (Lipinski definition) is 1. The first-order valence-corrected chi connectivity index (χ1v) is 6.27. The zero-order valence-corrected chi connectivity index (χ0v) is 11.0. The molecule has 86 valence electrons. The predicted molar refractivity (Wildman–Crippen MR) is 73.0 cm³/mol. The Kier molecular flexibility index (Phi) is 2.42. The van der Waals surface area contributed by atoms with Crippen molar-refractivity contribution < 1.29 is 0 Å². The third kappa shape index (κ3) is 1.48. The van der Waals surface area contributed by atoms with Gasteiger partial charge in [-0.15, -0.1) is 0 Å². The van der Waals surface area contributed by atoms with E-state index in [0.717, 1.165) is 27.0 Å². The van der Waals surface area contributed by atoms with Crippen LogP contribution in [0.15, 0.2) is 34.8 Å². The van der Waals surface area contributed by atoms with Gasteiger partial charge >= 0.3 is 0 Å². The number of nitrogens with zero attached hydrogens (tertiary/aromatic N) is 2. The molecule has 0 fully saturated rings. The number of aromatic nitrogens is 2. The number of para-hydroxylation sites is 1. The van der Waals surface area contributed by atoms with Gasteiger partial charge in [0.05, 0.1) is 16.9 Å². The molecule has 0 aliphatic rings. The molecule has 0 amide bonds. The maximum absolute atomic E-state index is 5.83. The van der Waals surface area contributed by atoms with E-state index in [1.165, 1.54) is 5.39 Å². The lowest BCUT2D eigenvalue weighted by atomic mass is 10.2. The largest absolute Gasteiger partial charge is 0.325 e. The van der Waals surface area contributed by atoms with Gasteiger partial charge in [0, 0.05) is 11.0 Å². The summed E-state index contributed by atoms with van der Waals surface area (Å²) in [4.78, 5) is 4.54. The minimum atomic E-state index is 0.493. The molecule has 0 atom stereocenters. The van der Waals surface area contributed by atoms with E-state index in [-0.39, 0.29) is 0 Å². The van der Waals surface area contributed by atoms with Crippen LogP contribution in [0.25, 0.3) is 16.6 Å². The molecular formula is C13H12BrN3. The fourth-order valence-electron chi connectivity index (χ4n) is 2.25. The molecule has 0 saturated carbocycles. The Morgan fingerprint density at radius 3 is 2.88 bits per heavy atom. The van der Waals surface area contributed by atoms with Gasteiger partial charge in [0.2, 0.25) is 0 Å². The standard InChI is InChI=1S/C13H12BrN3/c1-8-11(7-15)17-12(16-8)6-5-9-3-2-4-10(14)13(9)17/h2-6H,7,15H2,1H3. The molecule has 0 spiro atoms. The van der Waals surface area contributed by atoms with Crippen LogP contribution in [0, 0.1) is 6.92 Å². The number of benzene rings is 1. The highest BCUT2D eigenvalue weighted by atomic mass is 79.9. The van der Waals surface area contributed by atoms with Gasteiger partial charge < -0.3 is 5.73 Å². The highest BCUT2D eigenvalue weighted by Gasteiger charge is 2.11. The lowest BCUT2D eigenvalue weighted by Gasteiger charge is -2.07. The number of hydrogen-bond acceptors (Lipinski definition) is 2. The maximum Gasteiger partial charge on any atom is 0.137 e. The smallest absolute Gasteiger partial charge is 0.137 e. The fraction of sp³-hybridized carbons (Fsp3) is 0.154. The van der Waals surface area contributed by atoms with Crippen molar-refractivity contribution >= 4 is 32.5 Å². The first-order valence-electron chi connectivity index (χ1n) is 5.47. The summed E-state index contributed by atoms with van der Waals surface area (Å²) in [5.74, 6) is 0. The molecule has 0 aliphatic carbocycles. The van der Waals surface area contributed by atoms with E-state index < -0.39 is 0 Å². The predicted octanol–water partition coefficient (Wildman–Crippen LogP) is 3.02. The van der Waals surface area contributed by atoms with Crippen LogP contribution < -0.4 is 5.73 Å². The van der Waals surface area contributed by atoms with Crippen LogP contribution >= 0.6 is 15.9 Å². The van der Waals surface area contributed by atoms with Crippen molar-refractivity contribution in [2.24, 2.45) is 5.73 Å². The summed E-state index contributed by atoms with van der Waals surface area (Å²) in [5.41, 5.74) is 9.97. The van der Waals surface area contributed by atoms with Crippen LogP contribution in [0.5, 0.6) is 0 Å². The number of aryl methyl sites for hydroxylation is 1. The number of nitrogens with two attached hydrogens (primary N) is 1. The van der Waals surface area contributed by atoms with Crippen molar-refractivity contribution in [3.63, 3.8) is 0 Å². The van der Waals surface area contributed by atoms with Crippen LogP contribution in [0.4, 0.5) is 0 Å². The van der Waals surface area contributed by atoms with E-state index in [9.17, 15) is 0 Å². The second-order valence-corrected chi connectivity index (χ2v) is 4.91. The van der Waals surface area contributed by atoms with Crippen molar-refractivity contribution in [1.82, 2.24) is 9.38 Å². The number of rotatable bonds is 1. The summed E-state index contributed by atoms with van der Waals surface area (Å²) in [6, 6.07) is 10.3. The topological polar surface area (TPSA) is 43.3 Å². The van der Waals surface area contributed by atoms with E-state index in [1.807, 2.05) is 25.1 Å². The molecule has 0 unspecified atom stereocenters. The van der Waals surface area contributed by atoms with Gasteiger partial charge in [-0.05, 0) is 46.4 Å². The normalized spacial score (nSPS) is 11.5. The average molecular weight is 290 g/mol. The fourth-order valence-corrected chi connectivity index (χ4v) is 2.81. The van der Waals surface area contributed by atoms with E-state index in [4.69, 9.17) is 5.73 Å². The SMILES string of the molecule is Cc1nc2ccc3cccc(Br)c3n2c1CN. The summed E-state index contributed by atoms with van der Waals surface area (Å²) >= 11 is 3.60. The maximum atomic E-state index is 5.83. The Labute approximate surface area is 107 Å². The summed E-state index contributed by atoms with van der Waals surface area (Å²) in [6.07, 6.45) is 0. The molecule has 0 saturated heterocycles. The van der Waals surface area contributed by atoms with Crippen LogP contribution in [0.2, 0.25) is 0 Å². The van der Waals surface area contributed by atoms with E-state index in [2.05, 4.69) is 37.4 Å². The third-order valence-corrected chi connectivity index (χ3v) is 3.69. The van der Waals surface area contributed by atoms with Gasteiger partial charge in [-0.25, -0.2) is 4.98 Å². The zero-order valence-electron chi connectivity index (χ0n) is 9.44. The molecule has 3 nitrogen and oxygen atoms in total. The van der Waals surface area contributed by atoms with Crippen molar-refractivity contribution in [1.29, 1.82) is 0 Å². The van der Waals surface area contributed by atoms with Crippen molar-refractivity contribution in [3.05, 3.63) is 46.2 Å². The Morgan fingerprint density at radius 1 is 1.29 bits per heavy atom. The molecule has 0 radical (unpaired) electrons. The van der Waals surface area contributed by atoms with Gasteiger partial charge in [0.1, 0.15) is 5.65 Å². The second-order valence-electron chi connectivity index (χ2n) is 4.05. The molecule has 3 aromatic rings. The molecule has 2 N–H and O–H groups in total. The molecular weight excluding hydrogens is 278 g/mol. The lowest BCUT2D eigenvalue weighted by molar-refractivity contribution is 0.960. The minimum absolute atomic E-state index is 0.493. The molecule has 2 heterocycles. The third-order valence-electron chi connectivity index (χ3n) is 3.05. The Bertz CT molecular complexity index is 715. The van der Waals surface area contributed by atoms with Crippen LogP contribution in [0.3, 0.4) is 0 Å². The molecule has 2 aromatic heterocycles. The highest BCUT2D eigenvalue weighted by molar-refractivity contribution is 9.10. The van der Waals surface area contributed by atoms with Gasteiger partial charge in [-0.3, -0.25) is 4.40 Å². The van der Waals surface area contributed by atoms with Gasteiger partial charge in [-0.2, -0.15) is 0 Å². The minimum Gasteiger partial charge on any atom is -0.325 e. The zero-order chi connectivity index (χ0) is 12.0. The Hall–Kier alpha value is -1.39. The first kappa shape index (κ1) is 10.7. The summed E-state index contributed by atoms with van der Waals surface area (Å²) in [5, 5.41) is 1.18. The number of pyridine rings is 1. The van der Waals surface area contributed by atoms with Crippen molar-refractivity contribution in [2.45, 2.75) is 13.5 Å². The highest BCUT2D eigenvalue weighted by Crippen LogP contribution is 2.27. The van der Waals surface area contributed by atoms with E-state index in [0.29, 0.717) is 6.54 Å². The van der Waals surface area contributed by atoms with Gasteiger partial charge in [0.15, 0.2) is 0 Å². The van der Waals surface area contributed by atoms with Crippen molar-refractivity contribution in [3.8, 4) is 0 Å². The molecule has 0 bridgehead atoms. The molecule has 17 heavy (non-hydrogen) atoms. The summed E-state index contributed by atoms with van der Waals surface area (Å²) in [6.45, 7) is 2.49. The lowest BCUT2D eigenvalue weighted by Crippen LogP contribution is -2.03. The summed E-state index contributed by atoms with van der Waals surface area (Å²) < 4.78 is 3.20. The van der Waals surface area contributed by atoms with Crippen LogP contribution in [0.1, 0.15) is 11.4 Å². The van der Waals surface area contributed by atoms with E-state index in [1.54, 1.807) is 0 Å². The molecule has 3 rings (SSSR count). The second kappa shape index (κ2) is 3.82. The van der Waals surface area contributed by atoms with Crippen molar-refractivity contribution in [2.75, 3.05) is 0 Å². The van der Waals surface area contributed by atoms with Gasteiger partial charge in [-0.1, -0.05) is 12.1 Å². The monoisotopic (exact) mass is 289 g/mol. The first-order chi connectivity index (χ1) is 8.22. The van der Waals surface area contributed by atoms with Crippen LogP contribution in [-0.2, 0) is 6.54 Å². The molecule has 0 aliphatic heterocycles. The Morgan fingerprint density at radius 2 is 2.12 bits per heavy atom. The molecule has 1 aromatic carbocycles. The van der Waals surface area contributed by atoms with Crippen LogP contribution in [-0.4, -0.2) is 9.38 Å². The number of fused-ring (bicyclic) bond motifs is 3. The quantitative estimate of drug-likeness (QED) is 0.748. The average Bonchev–Trinajstić information content (AvgIpc) is 2.64. The number of imidazole rings is 1. The van der Waals surface area contributed by atoms with E-state index >= 15 is 0 Å². The Balaban J connectivity index is 2.61. The molecule has 4 heteroatoms. The number of halogens is 1. The summed E-state index contributed by atoms with van der Waals surface area (Å²) in [7, 11) is 0. The van der Waals surface area contributed by atoms with Gasteiger partial charge in [0.25, 0.3) is 0 Å².